The maximum absolute atomic E-state index is 11.0. The van der Waals surface area contributed by atoms with Gasteiger partial charge in [-0.15, -0.1) is 0 Å². The molecular formula is C45H67N3O5. The number of hydrogen-bond donors (Lipinski definition) is 6. The Morgan fingerprint density at radius 2 is 1.79 bits per heavy atom. The first-order chi connectivity index (χ1) is 25.7. The van der Waals surface area contributed by atoms with Crippen LogP contribution in [0.25, 0.3) is 0 Å². The number of rotatable bonds is 17. The van der Waals surface area contributed by atoms with Crippen molar-refractivity contribution < 1.29 is 24.5 Å². The summed E-state index contributed by atoms with van der Waals surface area (Å²) < 4.78 is 12.7. The number of unbranched alkanes of at least 4 members (excludes halogenated alkanes) is 1. The Bertz CT molecular complexity index is 1630. The van der Waals surface area contributed by atoms with Gasteiger partial charge in [0.1, 0.15) is 18.1 Å². The van der Waals surface area contributed by atoms with Gasteiger partial charge in [0, 0.05) is 54.3 Å². The number of aliphatic hydroxyl groups is 2. The molecule has 4 aliphatic rings. The van der Waals surface area contributed by atoms with Crippen molar-refractivity contribution in [2.75, 3.05) is 19.7 Å². The highest BCUT2D eigenvalue weighted by atomic mass is 16.5. The zero-order chi connectivity index (χ0) is 37.0. The van der Waals surface area contributed by atoms with E-state index >= 15 is 0 Å². The molecule has 3 fully saturated rings. The van der Waals surface area contributed by atoms with Crippen LogP contribution in [-0.2, 0) is 32.3 Å². The van der Waals surface area contributed by atoms with Crippen LogP contribution < -0.4 is 15.4 Å². The zero-order valence-corrected chi connectivity index (χ0v) is 32.8. The van der Waals surface area contributed by atoms with Crippen LogP contribution >= 0.6 is 0 Å². The van der Waals surface area contributed by atoms with E-state index in [1.807, 2.05) is 25.1 Å². The van der Waals surface area contributed by atoms with Gasteiger partial charge >= 0.3 is 0 Å². The molecule has 0 bridgehead atoms. The predicted octanol–water partition coefficient (Wildman–Crippen LogP) is 8.56. The molecule has 3 aromatic rings. The lowest BCUT2D eigenvalue weighted by Gasteiger charge is -2.39. The minimum Gasteiger partial charge on any atom is -0.504 e. The van der Waals surface area contributed by atoms with Gasteiger partial charge in [-0.05, 0) is 124 Å². The number of ether oxygens (including phenoxy) is 1. The van der Waals surface area contributed by atoms with Crippen LogP contribution in [0, 0.1) is 17.3 Å². The van der Waals surface area contributed by atoms with Crippen molar-refractivity contribution in [1.29, 1.82) is 0 Å². The Morgan fingerprint density at radius 3 is 2.55 bits per heavy atom. The summed E-state index contributed by atoms with van der Waals surface area (Å²) in [4.78, 5) is 4.05. The van der Waals surface area contributed by atoms with Gasteiger partial charge in [0.05, 0.1) is 18.8 Å². The van der Waals surface area contributed by atoms with Gasteiger partial charge in [-0.1, -0.05) is 51.5 Å². The standard InChI is InChI=1S/C45H67N3O5/c1-4-5-13-42-32(28-49)23-33(53-42)16-14-31-15-17-41(51)43(22-31)52-29-40(48-44(3)18-6-7-19-44)38-24-35-36(27-46-26-30(2)50)34-11-10-12-37(34)45(20-8-9-21-45)25-39(35)47-38/h15,17,22-24,30,34,36-37,40,46-51H,4-14,16,18-21,25-29H2,1-3H3. The summed E-state index contributed by atoms with van der Waals surface area (Å²) in [5.74, 6) is 4.34. The molecule has 2 aromatic heterocycles. The molecule has 4 aliphatic carbocycles. The second-order valence-electron chi connectivity index (χ2n) is 17.7. The van der Waals surface area contributed by atoms with Gasteiger partial charge in [-0.25, -0.2) is 0 Å². The van der Waals surface area contributed by atoms with E-state index in [1.165, 1.54) is 74.7 Å². The van der Waals surface area contributed by atoms with Gasteiger partial charge in [0.15, 0.2) is 11.5 Å². The molecule has 5 unspecified atom stereocenters. The third-order valence-electron chi connectivity index (χ3n) is 13.7. The average Bonchev–Trinajstić information content (AvgIpc) is 3.99. The number of aliphatic hydroxyl groups excluding tert-OH is 2. The van der Waals surface area contributed by atoms with Crippen molar-refractivity contribution in [3.05, 3.63) is 69.9 Å². The molecule has 2 heterocycles. The molecule has 1 spiro atoms. The highest BCUT2D eigenvalue weighted by Crippen LogP contribution is 2.60. The Hall–Kier alpha value is -2.78. The summed E-state index contributed by atoms with van der Waals surface area (Å²) in [6, 6.07) is 10.1. The van der Waals surface area contributed by atoms with Crippen molar-refractivity contribution in [3.8, 4) is 11.5 Å². The van der Waals surface area contributed by atoms with E-state index < -0.39 is 0 Å². The second kappa shape index (κ2) is 16.9. The average molecular weight is 730 g/mol. The lowest BCUT2D eigenvalue weighted by Crippen LogP contribution is -2.44. The minimum absolute atomic E-state index is 0.000297. The molecular weight excluding hydrogens is 663 g/mol. The van der Waals surface area contributed by atoms with Gasteiger partial charge in [0.25, 0.3) is 0 Å². The first-order valence-electron chi connectivity index (χ1n) is 21.2. The summed E-state index contributed by atoms with van der Waals surface area (Å²) in [6.07, 6.45) is 19.4. The van der Waals surface area contributed by atoms with Crippen molar-refractivity contribution in [2.24, 2.45) is 17.3 Å². The van der Waals surface area contributed by atoms with Crippen LogP contribution in [0.4, 0.5) is 0 Å². The number of furan rings is 1. The van der Waals surface area contributed by atoms with Crippen LogP contribution in [0.1, 0.15) is 156 Å². The molecule has 0 amide bonds. The molecule has 53 heavy (non-hydrogen) atoms. The molecule has 3 saturated carbocycles. The van der Waals surface area contributed by atoms with Gasteiger partial charge in [-0.2, -0.15) is 0 Å². The Balaban J connectivity index is 1.13. The number of aromatic hydroxyl groups is 1. The summed E-state index contributed by atoms with van der Waals surface area (Å²) >= 11 is 0. The lowest BCUT2D eigenvalue weighted by atomic mass is 9.66. The number of fused-ring (bicyclic) bond motifs is 3. The fourth-order valence-corrected chi connectivity index (χ4v) is 11.0. The van der Waals surface area contributed by atoms with E-state index in [4.69, 9.17) is 9.15 Å². The number of aryl methyl sites for hydroxylation is 3. The fraction of sp³-hybridized carbons (Fsp3) is 0.689. The van der Waals surface area contributed by atoms with Crippen LogP contribution in [0.15, 0.2) is 34.7 Å². The highest BCUT2D eigenvalue weighted by Gasteiger charge is 2.51. The largest absolute Gasteiger partial charge is 0.504 e. The molecule has 5 atom stereocenters. The third-order valence-corrected chi connectivity index (χ3v) is 13.7. The maximum atomic E-state index is 11.0. The first-order valence-corrected chi connectivity index (χ1v) is 21.2. The number of aromatic amines is 1. The van der Waals surface area contributed by atoms with Crippen LogP contribution in [-0.4, -0.2) is 51.6 Å². The molecule has 8 nitrogen and oxygen atoms in total. The molecule has 0 saturated heterocycles. The second-order valence-corrected chi connectivity index (χ2v) is 17.7. The lowest BCUT2D eigenvalue weighted by molar-refractivity contribution is 0.116. The van der Waals surface area contributed by atoms with Gasteiger partial charge in [-0.3, -0.25) is 0 Å². The number of aromatic nitrogens is 1. The summed E-state index contributed by atoms with van der Waals surface area (Å²) in [5, 5.41) is 38.7. The number of phenols is 1. The summed E-state index contributed by atoms with van der Waals surface area (Å²) in [7, 11) is 0. The quantitative estimate of drug-likeness (QED) is 0.0823. The molecule has 8 heteroatoms. The van der Waals surface area contributed by atoms with Gasteiger partial charge < -0.3 is 40.1 Å². The van der Waals surface area contributed by atoms with Crippen LogP contribution in [0.5, 0.6) is 11.5 Å². The first kappa shape index (κ1) is 38.5. The van der Waals surface area contributed by atoms with E-state index in [2.05, 4.69) is 35.5 Å². The van der Waals surface area contributed by atoms with Crippen molar-refractivity contribution >= 4 is 0 Å². The number of hydrogen-bond acceptors (Lipinski definition) is 7. The topological polar surface area (TPSA) is 123 Å². The van der Waals surface area contributed by atoms with Crippen LogP contribution in [0.3, 0.4) is 0 Å². The molecule has 0 radical (unpaired) electrons. The molecule has 292 valence electrons. The fourth-order valence-electron chi connectivity index (χ4n) is 11.0. The smallest absolute Gasteiger partial charge is 0.161 e. The van der Waals surface area contributed by atoms with Gasteiger partial charge in [0.2, 0.25) is 0 Å². The van der Waals surface area contributed by atoms with Crippen molar-refractivity contribution in [3.63, 3.8) is 0 Å². The zero-order valence-electron chi connectivity index (χ0n) is 32.8. The van der Waals surface area contributed by atoms with E-state index in [0.29, 0.717) is 36.2 Å². The number of nitrogens with one attached hydrogen (secondary N) is 3. The summed E-state index contributed by atoms with van der Waals surface area (Å²) in [6.45, 7) is 8.33. The van der Waals surface area contributed by atoms with Crippen molar-refractivity contribution in [1.82, 2.24) is 15.6 Å². The molecule has 7 rings (SSSR count). The SMILES string of the molecule is CCCCc1oc(CCc2ccc(O)c(OCC(NC3(C)CCCC3)c3cc4c([nH]3)CC3(CCCC3)C3CCCC3C4CNCC(C)O)c2)cc1CO. The van der Waals surface area contributed by atoms with E-state index in [0.717, 1.165) is 86.5 Å². The van der Waals surface area contributed by atoms with E-state index in [9.17, 15) is 15.3 Å². The van der Waals surface area contributed by atoms with E-state index in [-0.39, 0.29) is 30.0 Å². The number of phenolic OH excluding ortho intramolecular Hbond substituents is 1. The highest BCUT2D eigenvalue weighted by molar-refractivity contribution is 5.42. The van der Waals surface area contributed by atoms with Crippen molar-refractivity contribution in [2.45, 2.75) is 160 Å². The maximum Gasteiger partial charge on any atom is 0.161 e. The van der Waals surface area contributed by atoms with Crippen LogP contribution in [0.2, 0.25) is 0 Å². The predicted molar refractivity (Wildman–Crippen MR) is 211 cm³/mol. The Kier molecular flexibility index (Phi) is 12.3. The minimum atomic E-state index is -0.358. The van der Waals surface area contributed by atoms with E-state index in [1.54, 1.807) is 6.07 Å². The number of benzene rings is 1. The third kappa shape index (κ3) is 8.71. The normalized spacial score (nSPS) is 24.3. The Labute approximate surface area is 317 Å². The molecule has 1 aromatic carbocycles. The Morgan fingerprint density at radius 1 is 1.00 bits per heavy atom. The number of H-pyrrole nitrogens is 1. The molecule has 0 aliphatic heterocycles. The summed E-state index contributed by atoms with van der Waals surface area (Å²) in [5.41, 5.74) is 6.50. The monoisotopic (exact) mass is 730 g/mol. The molecule has 6 N–H and O–H groups in total.